The van der Waals surface area contributed by atoms with Gasteiger partial charge in [-0.1, -0.05) is 0 Å². The van der Waals surface area contributed by atoms with E-state index in [0.29, 0.717) is 17.9 Å². The van der Waals surface area contributed by atoms with E-state index in [1.54, 1.807) is 23.6 Å². The van der Waals surface area contributed by atoms with E-state index in [4.69, 9.17) is 0 Å². The second-order valence-electron chi connectivity index (χ2n) is 5.06. The Balaban J connectivity index is 1.96. The number of aromatic nitrogens is 1. The number of nitrogens with zero attached hydrogens (tertiary/aromatic N) is 2. The molecule has 0 fully saturated rings. The minimum Gasteiger partial charge on any atom is -0.347 e. The van der Waals surface area contributed by atoms with Crippen LogP contribution in [0, 0.1) is 5.82 Å². The molecule has 3 rings (SSSR count). The fraction of sp³-hybridized carbons (Fsp3) is 0.400. The Labute approximate surface area is 122 Å². The van der Waals surface area contributed by atoms with Gasteiger partial charge in [-0.05, 0) is 43.5 Å². The normalized spacial score (nSPS) is 18.1. The third kappa shape index (κ3) is 2.21. The van der Waals surface area contributed by atoms with Crippen LogP contribution in [0.5, 0.6) is 0 Å². The van der Waals surface area contributed by atoms with E-state index in [1.807, 2.05) is 7.05 Å². The summed E-state index contributed by atoms with van der Waals surface area (Å²) < 4.78 is 14.6. The summed E-state index contributed by atoms with van der Waals surface area (Å²) in [5.74, 6) is 0.273. The van der Waals surface area contributed by atoms with Crippen LogP contribution in [0.2, 0.25) is 0 Å². The smallest absolute Gasteiger partial charge is 0.170 e. The maximum atomic E-state index is 14.6. The highest BCUT2D eigenvalue weighted by Crippen LogP contribution is 2.36. The van der Waals surface area contributed by atoms with Crippen molar-refractivity contribution >= 4 is 17.2 Å². The van der Waals surface area contributed by atoms with Gasteiger partial charge in [0.2, 0.25) is 0 Å². The number of hydrogen-bond acceptors (Lipinski definition) is 4. The molecule has 0 saturated carbocycles. The topological polar surface area (TPSA) is 28.2 Å². The quantitative estimate of drug-likeness (QED) is 0.941. The lowest BCUT2D eigenvalue weighted by molar-refractivity contribution is 0.558. The van der Waals surface area contributed by atoms with Gasteiger partial charge >= 0.3 is 0 Å². The Morgan fingerprint density at radius 2 is 2.35 bits per heavy atom. The summed E-state index contributed by atoms with van der Waals surface area (Å²) in [6.45, 7) is 3.46. The molecule has 5 heteroatoms. The van der Waals surface area contributed by atoms with Crippen molar-refractivity contribution in [3.05, 3.63) is 45.5 Å². The highest BCUT2D eigenvalue weighted by atomic mass is 32.1. The van der Waals surface area contributed by atoms with Gasteiger partial charge in [0.05, 0.1) is 6.04 Å². The average molecular weight is 291 g/mol. The van der Waals surface area contributed by atoms with Crippen LogP contribution in [0.25, 0.3) is 0 Å². The number of fused-ring (bicyclic) bond motifs is 1. The van der Waals surface area contributed by atoms with Crippen molar-refractivity contribution in [3.63, 3.8) is 0 Å². The number of thiophene rings is 1. The van der Waals surface area contributed by atoms with Gasteiger partial charge in [-0.2, -0.15) is 0 Å². The van der Waals surface area contributed by atoms with Crippen LogP contribution in [0.15, 0.2) is 23.7 Å². The van der Waals surface area contributed by atoms with Crippen LogP contribution in [0.3, 0.4) is 0 Å². The summed E-state index contributed by atoms with van der Waals surface area (Å²) in [7, 11) is 1.82. The van der Waals surface area contributed by atoms with Crippen LogP contribution in [0.4, 0.5) is 10.2 Å². The van der Waals surface area contributed by atoms with Gasteiger partial charge in [0.25, 0.3) is 0 Å². The molecule has 20 heavy (non-hydrogen) atoms. The standard InChI is InChI=1S/C15H18FN3S/c1-10-12-5-8-20-13(12)4-7-19(10)15-14(16)11(9-17-2)3-6-18-15/h3,5-6,8,10,17H,4,7,9H2,1-2H3. The number of halogens is 1. The first-order valence-corrected chi connectivity index (χ1v) is 7.71. The van der Waals surface area contributed by atoms with Crippen molar-refractivity contribution in [1.29, 1.82) is 0 Å². The molecule has 0 spiro atoms. The molecule has 2 aromatic heterocycles. The van der Waals surface area contributed by atoms with Crippen molar-refractivity contribution < 1.29 is 4.39 Å². The molecule has 0 saturated heterocycles. The van der Waals surface area contributed by atoms with Gasteiger partial charge in [-0.3, -0.25) is 0 Å². The van der Waals surface area contributed by atoms with E-state index < -0.39 is 0 Å². The molecular weight excluding hydrogens is 273 g/mol. The third-order valence-corrected chi connectivity index (χ3v) is 4.86. The zero-order valence-electron chi connectivity index (χ0n) is 11.7. The fourth-order valence-electron chi connectivity index (χ4n) is 2.80. The van der Waals surface area contributed by atoms with Gasteiger partial charge in [-0.15, -0.1) is 11.3 Å². The highest BCUT2D eigenvalue weighted by molar-refractivity contribution is 7.10. The lowest BCUT2D eigenvalue weighted by Crippen LogP contribution is -2.34. The first-order chi connectivity index (χ1) is 9.72. The van der Waals surface area contributed by atoms with Crippen LogP contribution in [-0.4, -0.2) is 18.6 Å². The summed E-state index contributed by atoms with van der Waals surface area (Å²) in [5.41, 5.74) is 1.97. The molecule has 106 valence electrons. The number of hydrogen-bond donors (Lipinski definition) is 1. The Morgan fingerprint density at radius 1 is 1.50 bits per heavy atom. The maximum Gasteiger partial charge on any atom is 0.170 e. The fourth-order valence-corrected chi connectivity index (χ4v) is 3.76. The molecule has 3 heterocycles. The van der Waals surface area contributed by atoms with Crippen molar-refractivity contribution in [2.45, 2.75) is 25.9 Å². The van der Waals surface area contributed by atoms with Crippen molar-refractivity contribution in [2.75, 3.05) is 18.5 Å². The Bertz CT molecular complexity index is 611. The highest BCUT2D eigenvalue weighted by Gasteiger charge is 2.28. The number of pyridine rings is 1. The van der Waals surface area contributed by atoms with E-state index in [0.717, 1.165) is 13.0 Å². The zero-order chi connectivity index (χ0) is 14.1. The predicted molar refractivity (Wildman–Crippen MR) is 80.7 cm³/mol. The molecule has 0 amide bonds. The van der Waals surface area contributed by atoms with Crippen molar-refractivity contribution in [1.82, 2.24) is 10.3 Å². The van der Waals surface area contributed by atoms with Crippen LogP contribution in [-0.2, 0) is 13.0 Å². The van der Waals surface area contributed by atoms with E-state index >= 15 is 0 Å². The number of nitrogens with one attached hydrogen (secondary N) is 1. The molecular formula is C15H18FN3S. The SMILES string of the molecule is CNCc1ccnc(N2CCc3sccc3C2C)c1F. The molecule has 1 N–H and O–H groups in total. The average Bonchev–Trinajstić information content (AvgIpc) is 2.92. The number of anilines is 1. The van der Waals surface area contributed by atoms with Gasteiger partial charge in [0, 0.05) is 29.7 Å². The summed E-state index contributed by atoms with van der Waals surface area (Å²) >= 11 is 1.79. The van der Waals surface area contributed by atoms with Gasteiger partial charge in [0.15, 0.2) is 11.6 Å². The Hall–Kier alpha value is -1.46. The molecule has 1 aliphatic rings. The van der Waals surface area contributed by atoms with Gasteiger partial charge in [0.1, 0.15) is 0 Å². The molecule has 3 nitrogen and oxygen atoms in total. The third-order valence-electron chi connectivity index (χ3n) is 3.87. The lowest BCUT2D eigenvalue weighted by atomic mass is 10.0. The predicted octanol–water partition coefficient (Wildman–Crippen LogP) is 3.13. The zero-order valence-corrected chi connectivity index (χ0v) is 12.5. The second-order valence-corrected chi connectivity index (χ2v) is 6.06. The van der Waals surface area contributed by atoms with Crippen molar-refractivity contribution in [3.8, 4) is 0 Å². The monoisotopic (exact) mass is 291 g/mol. The first kappa shape index (κ1) is 13.5. The minimum atomic E-state index is -0.202. The van der Waals surface area contributed by atoms with E-state index in [1.165, 1.54) is 10.4 Å². The molecule has 1 unspecified atom stereocenters. The van der Waals surface area contributed by atoms with Crippen LogP contribution in [0.1, 0.15) is 29.0 Å². The minimum absolute atomic E-state index is 0.178. The van der Waals surface area contributed by atoms with Gasteiger partial charge in [-0.25, -0.2) is 9.37 Å². The maximum absolute atomic E-state index is 14.6. The van der Waals surface area contributed by atoms with Crippen LogP contribution < -0.4 is 10.2 Å². The Kier molecular flexibility index (Phi) is 3.72. The first-order valence-electron chi connectivity index (χ1n) is 6.83. The Morgan fingerprint density at radius 3 is 3.15 bits per heavy atom. The van der Waals surface area contributed by atoms with E-state index in [9.17, 15) is 4.39 Å². The molecule has 0 bridgehead atoms. The molecule has 0 aliphatic carbocycles. The molecule has 0 radical (unpaired) electrons. The van der Waals surface area contributed by atoms with Crippen LogP contribution >= 0.6 is 11.3 Å². The van der Waals surface area contributed by atoms with Crippen molar-refractivity contribution in [2.24, 2.45) is 0 Å². The number of rotatable bonds is 3. The molecule has 0 aromatic carbocycles. The largest absolute Gasteiger partial charge is 0.347 e. The summed E-state index contributed by atoms with van der Waals surface area (Å²) in [6, 6.07) is 4.06. The van der Waals surface area contributed by atoms with Gasteiger partial charge < -0.3 is 10.2 Å². The summed E-state index contributed by atoms with van der Waals surface area (Å²) in [6.07, 6.45) is 2.66. The summed E-state index contributed by atoms with van der Waals surface area (Å²) in [5, 5.41) is 5.11. The molecule has 2 aromatic rings. The second kappa shape index (κ2) is 5.50. The molecule has 1 atom stereocenters. The summed E-state index contributed by atoms with van der Waals surface area (Å²) in [4.78, 5) is 7.77. The lowest BCUT2D eigenvalue weighted by Gasteiger charge is -2.35. The molecule has 1 aliphatic heterocycles. The van der Waals surface area contributed by atoms with E-state index in [-0.39, 0.29) is 11.9 Å². The van der Waals surface area contributed by atoms with E-state index in [2.05, 4.69) is 33.6 Å².